The van der Waals surface area contributed by atoms with Crippen LogP contribution in [0.3, 0.4) is 0 Å². The molecule has 2 aromatic heterocycles. The molecule has 45 heavy (non-hydrogen) atoms. The molecule has 0 saturated heterocycles. The number of aliphatic carboxylic acids is 1. The maximum Gasteiger partial charge on any atom is 0.429 e. The molecule has 3 aromatic rings. The molecule has 4 N–H and O–H groups in total. The number of amides is 1. The van der Waals surface area contributed by atoms with E-state index in [4.69, 9.17) is 26.8 Å². The highest BCUT2D eigenvalue weighted by molar-refractivity contribution is 6.30. The van der Waals surface area contributed by atoms with Gasteiger partial charge in [0.25, 0.3) is 0 Å². The molecule has 11 nitrogen and oxygen atoms in total. The van der Waals surface area contributed by atoms with Gasteiger partial charge in [-0.25, -0.2) is 19.3 Å². The Hall–Kier alpha value is -4.33. The van der Waals surface area contributed by atoms with E-state index in [1.807, 2.05) is 6.08 Å². The zero-order valence-corrected chi connectivity index (χ0v) is 25.8. The van der Waals surface area contributed by atoms with Gasteiger partial charge in [0.05, 0.1) is 17.1 Å². The minimum atomic E-state index is -4.85. The van der Waals surface area contributed by atoms with E-state index in [1.165, 1.54) is 35.1 Å². The number of hydrogen-bond acceptors (Lipinski definition) is 8. The number of carboxylic acids is 1. The zero-order valence-electron chi connectivity index (χ0n) is 25.1. The molecular weight excluding hydrogens is 617 g/mol. The third-order valence-electron chi connectivity index (χ3n) is 6.91. The predicted octanol–water partition coefficient (Wildman–Crippen LogP) is 6.44. The Morgan fingerprint density at radius 3 is 2.51 bits per heavy atom. The Balaban J connectivity index is 1.54. The first-order valence-electron chi connectivity index (χ1n) is 14.1. The molecule has 4 rings (SSSR count). The molecule has 1 amide bonds. The first-order valence-corrected chi connectivity index (χ1v) is 14.5. The van der Waals surface area contributed by atoms with Gasteiger partial charge in [-0.3, -0.25) is 0 Å². The van der Waals surface area contributed by atoms with E-state index in [0.29, 0.717) is 30.5 Å². The number of ether oxygens (including phenoxy) is 2. The fraction of sp³-hybridized carbons (Fsp3) is 0.433. The number of nitrogen functional groups attached to an aromatic ring is 1. The number of alkyl halides is 3. The van der Waals surface area contributed by atoms with Crippen LogP contribution in [0, 0.1) is 12.8 Å². The maximum atomic E-state index is 14.5. The molecule has 0 bridgehead atoms. The van der Waals surface area contributed by atoms with Crippen LogP contribution in [-0.4, -0.2) is 54.7 Å². The van der Waals surface area contributed by atoms with Crippen molar-refractivity contribution in [2.75, 3.05) is 5.73 Å². The van der Waals surface area contributed by atoms with Crippen LogP contribution in [0.4, 0.5) is 23.9 Å². The molecule has 0 aliphatic heterocycles. The van der Waals surface area contributed by atoms with Crippen molar-refractivity contribution in [3.05, 3.63) is 64.6 Å². The van der Waals surface area contributed by atoms with Crippen molar-refractivity contribution in [1.82, 2.24) is 25.1 Å². The smallest absolute Gasteiger partial charge is 0.429 e. The fourth-order valence-electron chi connectivity index (χ4n) is 4.92. The number of aryl methyl sites for hydroxylation is 1. The summed E-state index contributed by atoms with van der Waals surface area (Å²) >= 11 is 6.12. The largest absolute Gasteiger partial charge is 0.480 e. The van der Waals surface area contributed by atoms with E-state index in [1.54, 1.807) is 33.8 Å². The Morgan fingerprint density at radius 2 is 1.93 bits per heavy atom. The van der Waals surface area contributed by atoms with Crippen molar-refractivity contribution in [1.29, 1.82) is 0 Å². The second kappa shape index (κ2) is 13.3. The van der Waals surface area contributed by atoms with Crippen molar-refractivity contribution in [2.45, 2.75) is 77.3 Å². The lowest BCUT2D eigenvalue weighted by Gasteiger charge is -2.26. The normalized spacial score (nSPS) is 16.8. The topological polar surface area (TPSA) is 154 Å². The van der Waals surface area contributed by atoms with E-state index in [2.05, 4.69) is 20.4 Å². The molecule has 3 atom stereocenters. The van der Waals surface area contributed by atoms with Gasteiger partial charge in [0.2, 0.25) is 17.9 Å². The van der Waals surface area contributed by atoms with Crippen LogP contribution in [0.15, 0.2) is 42.6 Å². The van der Waals surface area contributed by atoms with Gasteiger partial charge in [0.15, 0.2) is 0 Å². The van der Waals surface area contributed by atoms with E-state index >= 15 is 0 Å². The van der Waals surface area contributed by atoms with Crippen LogP contribution in [-0.2, 0) is 9.53 Å². The lowest BCUT2D eigenvalue weighted by atomic mass is 9.84. The second-order valence-electron chi connectivity index (χ2n) is 11.7. The van der Waals surface area contributed by atoms with E-state index in [-0.39, 0.29) is 46.1 Å². The van der Waals surface area contributed by atoms with Gasteiger partial charge in [0, 0.05) is 22.8 Å². The van der Waals surface area contributed by atoms with Crippen molar-refractivity contribution in [3.8, 4) is 11.6 Å². The van der Waals surface area contributed by atoms with E-state index < -0.39 is 36.0 Å². The number of carbonyl (C=O) groups excluding carboxylic acids is 1. The molecule has 3 unspecified atom stereocenters. The predicted molar refractivity (Wildman–Crippen MR) is 160 cm³/mol. The molecular formula is C30H34ClF3N6O5. The van der Waals surface area contributed by atoms with Gasteiger partial charge in [-0.15, -0.1) is 0 Å². The molecule has 1 aromatic carbocycles. The molecule has 0 spiro atoms. The third kappa shape index (κ3) is 9.10. The molecule has 2 heterocycles. The Labute approximate surface area is 262 Å². The standard InChI is InChI=1S/C30H34ClF3N6O5/c1-16-11-12-40(39-16)23-14-19(31)9-10-20(23)25(30(32,33)34)44-24-15-21(36-27(35)38-24)18-7-5-17(6-8-18)13-22(26(41)42)37-28(43)45-29(2,3)4/h7,9-12,14-15,17,22,25H,5-6,8,13H2,1-4H3,(H,37,43)(H,41,42)(H2,35,36,38). The van der Waals surface area contributed by atoms with Crippen molar-refractivity contribution < 1.29 is 37.3 Å². The molecule has 0 fully saturated rings. The van der Waals surface area contributed by atoms with Crippen LogP contribution in [0.5, 0.6) is 5.88 Å². The Bertz CT molecular complexity index is 1590. The number of nitrogens with one attached hydrogen (secondary N) is 1. The number of hydrogen-bond donors (Lipinski definition) is 3. The number of anilines is 1. The van der Waals surface area contributed by atoms with Crippen LogP contribution in [0.1, 0.15) is 69.5 Å². The summed E-state index contributed by atoms with van der Waals surface area (Å²) in [6.07, 6.45) is -3.20. The summed E-state index contributed by atoms with van der Waals surface area (Å²) in [5.41, 5.74) is 6.54. The molecule has 1 aliphatic rings. The van der Waals surface area contributed by atoms with Gasteiger partial charge in [-0.1, -0.05) is 23.7 Å². The van der Waals surface area contributed by atoms with Crippen LogP contribution >= 0.6 is 11.6 Å². The number of nitrogens with two attached hydrogens (primary N) is 1. The monoisotopic (exact) mass is 650 g/mol. The summed E-state index contributed by atoms with van der Waals surface area (Å²) in [6, 6.07) is 5.71. The second-order valence-corrected chi connectivity index (χ2v) is 12.2. The maximum absolute atomic E-state index is 14.5. The number of carbonyl (C=O) groups is 2. The lowest BCUT2D eigenvalue weighted by molar-refractivity contribution is -0.198. The highest BCUT2D eigenvalue weighted by Crippen LogP contribution is 2.40. The average Bonchev–Trinajstić information content (AvgIpc) is 3.36. The number of allylic oxidation sites excluding steroid dienone is 2. The summed E-state index contributed by atoms with van der Waals surface area (Å²) in [6.45, 7) is 6.72. The van der Waals surface area contributed by atoms with Gasteiger partial charge in [-0.05, 0) is 83.1 Å². The van der Waals surface area contributed by atoms with E-state index in [9.17, 15) is 27.9 Å². The molecule has 0 saturated carbocycles. The third-order valence-corrected chi connectivity index (χ3v) is 7.14. The molecule has 0 radical (unpaired) electrons. The minimum absolute atomic E-state index is 0.0852. The lowest BCUT2D eigenvalue weighted by Crippen LogP contribution is -2.44. The molecule has 1 aliphatic carbocycles. The number of benzene rings is 1. The summed E-state index contributed by atoms with van der Waals surface area (Å²) in [5.74, 6) is -1.94. The van der Waals surface area contributed by atoms with E-state index in [0.717, 1.165) is 0 Å². The number of alkyl carbamates (subject to hydrolysis) is 1. The number of nitrogens with zero attached hydrogens (tertiary/aromatic N) is 4. The van der Waals surface area contributed by atoms with Gasteiger partial charge in [0.1, 0.15) is 11.6 Å². The Morgan fingerprint density at radius 1 is 1.20 bits per heavy atom. The number of halogens is 4. The summed E-state index contributed by atoms with van der Waals surface area (Å²) in [4.78, 5) is 32.0. The van der Waals surface area contributed by atoms with Crippen molar-refractivity contribution >= 4 is 35.2 Å². The van der Waals surface area contributed by atoms with Crippen LogP contribution in [0.25, 0.3) is 11.3 Å². The number of aromatic nitrogens is 4. The zero-order chi connectivity index (χ0) is 33.1. The summed E-state index contributed by atoms with van der Waals surface area (Å²) in [5, 5.41) is 16.5. The number of carboxylic acid groups (broad SMARTS) is 1. The van der Waals surface area contributed by atoms with Crippen LogP contribution < -0.4 is 15.8 Å². The quantitative estimate of drug-likeness (QED) is 0.237. The van der Waals surface area contributed by atoms with Gasteiger partial charge < -0.3 is 25.6 Å². The SMILES string of the molecule is Cc1ccn(-c2cc(Cl)ccc2C(Oc2cc(C3=CCC(CC(NC(=O)OC(C)(C)C)C(=O)O)CC3)nc(N)n2)C(F)(F)F)n1. The molecule has 242 valence electrons. The van der Waals surface area contributed by atoms with Crippen LogP contribution in [0.2, 0.25) is 5.02 Å². The summed E-state index contributed by atoms with van der Waals surface area (Å²) < 4.78 is 55.3. The van der Waals surface area contributed by atoms with Gasteiger partial charge in [-0.2, -0.15) is 23.3 Å². The molecule has 15 heteroatoms. The Kier molecular flexibility index (Phi) is 9.95. The first-order chi connectivity index (χ1) is 21.0. The fourth-order valence-corrected chi connectivity index (χ4v) is 5.09. The van der Waals surface area contributed by atoms with Crippen molar-refractivity contribution in [3.63, 3.8) is 0 Å². The summed E-state index contributed by atoms with van der Waals surface area (Å²) in [7, 11) is 0. The average molecular weight is 651 g/mol. The van der Waals surface area contributed by atoms with Crippen molar-refractivity contribution in [2.24, 2.45) is 5.92 Å². The highest BCUT2D eigenvalue weighted by Gasteiger charge is 2.45. The minimum Gasteiger partial charge on any atom is -0.480 e. The number of rotatable bonds is 9. The highest BCUT2D eigenvalue weighted by atomic mass is 35.5. The first kappa shape index (κ1) is 33.6. The van der Waals surface area contributed by atoms with Gasteiger partial charge >= 0.3 is 18.2 Å².